The van der Waals surface area contributed by atoms with Crippen LogP contribution in [-0.4, -0.2) is 116 Å². The molecule has 0 bridgehead atoms. The summed E-state index contributed by atoms with van der Waals surface area (Å²) in [5, 5.41) is 107. The SMILES string of the molecule is O=C(O)CC(O)(CC(=O)O)C(=O)O.O=C(O)CC(O)(CC(=O)O)C(=O)O.O=C([O-])CC(O)(CC(=O)[O-])C(=O)[O-].[Na+].[Na+].[Na+]. The van der Waals surface area contributed by atoms with E-state index in [1.165, 1.54) is 0 Å². The molecule has 0 unspecified atom stereocenters. The van der Waals surface area contributed by atoms with Gasteiger partial charge in [0.15, 0.2) is 11.2 Å². The molecule has 24 heteroatoms. The fourth-order valence-electron chi connectivity index (χ4n) is 2.11. The van der Waals surface area contributed by atoms with Crippen LogP contribution < -0.4 is 104 Å². The smallest absolute Gasteiger partial charge is 0.550 e. The van der Waals surface area contributed by atoms with Crippen LogP contribution in [0, 0.1) is 0 Å². The zero-order valence-corrected chi connectivity index (χ0v) is 28.2. The third-order valence-electron chi connectivity index (χ3n) is 3.82. The van der Waals surface area contributed by atoms with E-state index in [0.717, 1.165) is 0 Å². The Morgan fingerprint density at radius 1 is 0.405 bits per heavy atom. The molecule has 222 valence electrons. The van der Waals surface area contributed by atoms with E-state index in [1.807, 2.05) is 0 Å². The zero-order chi connectivity index (χ0) is 31.9. The van der Waals surface area contributed by atoms with Gasteiger partial charge in [0, 0.05) is 24.8 Å². The quantitative estimate of drug-likeness (QED) is 0.0748. The van der Waals surface area contributed by atoms with Crippen molar-refractivity contribution >= 4 is 53.7 Å². The molecule has 0 aromatic heterocycles. The largest absolute Gasteiger partial charge is 1.00 e. The van der Waals surface area contributed by atoms with Crippen LogP contribution in [-0.2, 0) is 43.2 Å². The van der Waals surface area contributed by atoms with Crippen molar-refractivity contribution in [2.24, 2.45) is 0 Å². The average Bonchev–Trinajstić information content (AvgIpc) is 2.64. The Hall–Kier alpha value is -1.89. The molecule has 0 fully saturated rings. The number of rotatable bonds is 15. The van der Waals surface area contributed by atoms with Gasteiger partial charge < -0.3 is 75.7 Å². The van der Waals surface area contributed by atoms with Crippen molar-refractivity contribution in [2.45, 2.75) is 55.3 Å². The molecular weight excluding hydrogens is 621 g/mol. The molecule has 0 aliphatic heterocycles. The van der Waals surface area contributed by atoms with Crippen LogP contribution >= 0.6 is 0 Å². The number of aliphatic hydroxyl groups is 3. The van der Waals surface area contributed by atoms with E-state index in [-0.39, 0.29) is 88.7 Å². The van der Waals surface area contributed by atoms with Crippen LogP contribution in [0.5, 0.6) is 0 Å². The Morgan fingerprint density at radius 2 is 0.595 bits per heavy atom. The summed E-state index contributed by atoms with van der Waals surface area (Å²) < 4.78 is 0. The van der Waals surface area contributed by atoms with E-state index < -0.39 is 109 Å². The Kier molecular flexibility index (Phi) is 29.6. The van der Waals surface area contributed by atoms with Gasteiger partial charge >= 0.3 is 124 Å². The van der Waals surface area contributed by atoms with E-state index in [1.54, 1.807) is 0 Å². The molecule has 0 aliphatic carbocycles. The first-order chi connectivity index (χ1) is 17.3. The summed E-state index contributed by atoms with van der Waals surface area (Å²) in [7, 11) is 0. The normalized spacial score (nSPS) is 10.1. The van der Waals surface area contributed by atoms with Crippen molar-refractivity contribution in [1.29, 1.82) is 0 Å². The van der Waals surface area contributed by atoms with Crippen molar-refractivity contribution in [3.63, 3.8) is 0 Å². The predicted molar refractivity (Wildman–Crippen MR) is 103 cm³/mol. The molecule has 21 nitrogen and oxygen atoms in total. The van der Waals surface area contributed by atoms with E-state index in [9.17, 15) is 58.5 Å². The predicted octanol–water partition coefficient (Wildman–Crippen LogP) is -16.7. The number of carboxylic acids is 9. The Morgan fingerprint density at radius 3 is 0.690 bits per heavy atom. The van der Waals surface area contributed by atoms with Crippen molar-refractivity contribution in [3.8, 4) is 0 Å². The van der Waals surface area contributed by atoms with Crippen LogP contribution in [0.3, 0.4) is 0 Å². The average molecular weight is 642 g/mol. The van der Waals surface area contributed by atoms with Gasteiger partial charge in [-0.15, -0.1) is 0 Å². The summed E-state index contributed by atoms with van der Waals surface area (Å²) in [4.78, 5) is 91.0. The molecule has 0 atom stereocenters. The molecule has 0 aromatic rings. The zero-order valence-electron chi connectivity index (χ0n) is 22.2. The van der Waals surface area contributed by atoms with Crippen LogP contribution in [0.15, 0.2) is 0 Å². The Balaban J connectivity index is -0.000000112. The molecular formula is C18H21Na3O21. The number of hydrogen-bond donors (Lipinski definition) is 9. The summed E-state index contributed by atoms with van der Waals surface area (Å²) in [6.45, 7) is 0. The van der Waals surface area contributed by atoms with Gasteiger partial charge in [0.05, 0.1) is 31.7 Å². The van der Waals surface area contributed by atoms with Crippen molar-refractivity contribution < 1.29 is 193 Å². The molecule has 0 saturated heterocycles. The molecule has 0 aliphatic rings. The molecule has 0 radical (unpaired) electrons. The van der Waals surface area contributed by atoms with Crippen LogP contribution in [0.25, 0.3) is 0 Å². The van der Waals surface area contributed by atoms with E-state index in [2.05, 4.69) is 0 Å². The third-order valence-corrected chi connectivity index (χ3v) is 3.82. The summed E-state index contributed by atoms with van der Waals surface area (Å²) >= 11 is 0. The molecule has 9 N–H and O–H groups in total. The van der Waals surface area contributed by atoms with Crippen molar-refractivity contribution in [1.82, 2.24) is 0 Å². The first kappa shape index (κ1) is 52.7. The monoisotopic (exact) mass is 642 g/mol. The number of carbonyl (C=O) groups excluding carboxylic acids is 3. The van der Waals surface area contributed by atoms with Gasteiger partial charge in [0.1, 0.15) is 5.60 Å². The fraction of sp³-hybridized carbons (Fsp3) is 0.500. The number of hydrogen-bond acceptors (Lipinski definition) is 15. The van der Waals surface area contributed by atoms with Gasteiger partial charge in [-0.05, 0) is 0 Å². The second-order valence-electron chi connectivity index (χ2n) is 7.37. The molecule has 0 spiro atoms. The minimum Gasteiger partial charge on any atom is -0.550 e. The van der Waals surface area contributed by atoms with Crippen LogP contribution in [0.1, 0.15) is 38.5 Å². The second kappa shape index (κ2) is 23.6. The van der Waals surface area contributed by atoms with Crippen molar-refractivity contribution in [3.05, 3.63) is 0 Å². The van der Waals surface area contributed by atoms with Gasteiger partial charge in [-0.1, -0.05) is 0 Å². The number of carboxylic acid groups (broad SMARTS) is 9. The van der Waals surface area contributed by atoms with Gasteiger partial charge in [-0.2, -0.15) is 0 Å². The summed E-state index contributed by atoms with van der Waals surface area (Å²) in [6, 6.07) is 0. The first-order valence-electron chi connectivity index (χ1n) is 9.45. The third kappa shape index (κ3) is 24.7. The molecule has 0 amide bonds. The van der Waals surface area contributed by atoms with Gasteiger partial charge in [-0.3, -0.25) is 19.2 Å². The summed E-state index contributed by atoms with van der Waals surface area (Å²) in [5.74, 6) is -16.0. The molecule has 0 aromatic carbocycles. The van der Waals surface area contributed by atoms with Crippen LogP contribution in [0.2, 0.25) is 0 Å². The van der Waals surface area contributed by atoms with E-state index >= 15 is 0 Å². The Labute approximate surface area is 299 Å². The molecule has 42 heavy (non-hydrogen) atoms. The van der Waals surface area contributed by atoms with Crippen LogP contribution in [0.4, 0.5) is 0 Å². The minimum atomic E-state index is -2.97. The Bertz CT molecular complexity index is 821. The second-order valence-corrected chi connectivity index (χ2v) is 7.37. The number of carbonyl (C=O) groups is 9. The topological polar surface area (TPSA) is 405 Å². The van der Waals surface area contributed by atoms with Gasteiger partial charge in [0.25, 0.3) is 0 Å². The fourth-order valence-corrected chi connectivity index (χ4v) is 2.11. The maximum absolute atomic E-state index is 10.3. The van der Waals surface area contributed by atoms with E-state index in [0.29, 0.717) is 0 Å². The summed E-state index contributed by atoms with van der Waals surface area (Å²) in [6.07, 6.45) is -7.29. The maximum Gasteiger partial charge on any atom is 1.00 e. The van der Waals surface area contributed by atoms with Gasteiger partial charge in [-0.25, -0.2) is 9.59 Å². The maximum atomic E-state index is 10.3. The number of aliphatic carboxylic acids is 9. The van der Waals surface area contributed by atoms with Gasteiger partial charge in [0.2, 0.25) is 0 Å². The molecule has 0 saturated carbocycles. The summed E-state index contributed by atoms with van der Waals surface area (Å²) in [5.41, 5.74) is -8.45. The minimum absolute atomic E-state index is 0. The molecule has 0 rings (SSSR count). The van der Waals surface area contributed by atoms with E-state index in [4.69, 9.17) is 46.0 Å². The first-order valence-corrected chi connectivity index (χ1v) is 9.45. The van der Waals surface area contributed by atoms with Crippen molar-refractivity contribution in [2.75, 3.05) is 0 Å². The standard InChI is InChI=1S/3C6H8O7.3Na/c3*7-3(8)1-6(13,5(11)12)2-4(9)10;;;/h3*13H,1-2H2,(H,7,8)(H,9,10)(H,11,12);;;/q;;;3*+1/p-3. The molecule has 0 heterocycles.